The number of halogens is 2. The molecule has 0 bridgehead atoms. The second kappa shape index (κ2) is 7.20. The lowest BCUT2D eigenvalue weighted by Crippen LogP contribution is -2.24. The first-order valence-corrected chi connectivity index (χ1v) is 7.10. The second-order valence-electron chi connectivity index (χ2n) is 4.37. The van der Waals surface area contributed by atoms with Crippen molar-refractivity contribution >= 4 is 40.6 Å². The van der Waals surface area contributed by atoms with E-state index in [1.165, 1.54) is 0 Å². The number of hydrogen-bond acceptors (Lipinski definition) is 2. The zero-order valence-corrected chi connectivity index (χ0v) is 12.9. The van der Waals surface area contributed by atoms with E-state index in [0.29, 0.717) is 16.6 Å². The molecule has 110 valence electrons. The molecule has 6 heteroatoms. The van der Waals surface area contributed by atoms with Gasteiger partial charge >= 0.3 is 6.03 Å². The minimum atomic E-state index is -0.247. The molecule has 2 amide bonds. The van der Waals surface area contributed by atoms with Crippen LogP contribution in [-0.4, -0.2) is 13.1 Å². The summed E-state index contributed by atoms with van der Waals surface area (Å²) in [6.45, 7) is 0.595. The molecule has 21 heavy (non-hydrogen) atoms. The molecule has 0 saturated heterocycles. The Morgan fingerprint density at radius 1 is 1.05 bits per heavy atom. The Morgan fingerprint density at radius 3 is 2.33 bits per heavy atom. The standard InChI is InChI=1S/C15H15Cl2N3O/c1-18-15(21)20-13-6-4-12(5-7-13)19-9-10-2-3-11(16)8-14(10)17/h2-8,19H,9H2,1H3,(H2,18,20,21). The fourth-order valence-electron chi connectivity index (χ4n) is 1.73. The largest absolute Gasteiger partial charge is 0.381 e. The lowest BCUT2D eigenvalue weighted by molar-refractivity contribution is 0.254. The molecule has 0 heterocycles. The molecule has 2 aromatic carbocycles. The number of urea groups is 1. The van der Waals surface area contributed by atoms with Crippen molar-refractivity contribution in [1.82, 2.24) is 5.32 Å². The normalized spacial score (nSPS) is 10.0. The molecule has 4 nitrogen and oxygen atoms in total. The minimum Gasteiger partial charge on any atom is -0.381 e. The van der Waals surface area contributed by atoms with Gasteiger partial charge in [-0.05, 0) is 42.0 Å². The van der Waals surface area contributed by atoms with Crippen molar-refractivity contribution in [1.29, 1.82) is 0 Å². The summed E-state index contributed by atoms with van der Waals surface area (Å²) in [6.07, 6.45) is 0. The summed E-state index contributed by atoms with van der Waals surface area (Å²) in [5.74, 6) is 0. The van der Waals surface area contributed by atoms with E-state index in [0.717, 1.165) is 16.9 Å². The fourth-order valence-corrected chi connectivity index (χ4v) is 2.20. The van der Waals surface area contributed by atoms with Gasteiger partial charge in [0.15, 0.2) is 0 Å². The lowest BCUT2D eigenvalue weighted by Gasteiger charge is -2.10. The third-order valence-electron chi connectivity index (χ3n) is 2.87. The Hall–Kier alpha value is -1.91. The van der Waals surface area contributed by atoms with E-state index >= 15 is 0 Å². The van der Waals surface area contributed by atoms with Crippen molar-refractivity contribution < 1.29 is 4.79 Å². The summed E-state index contributed by atoms with van der Waals surface area (Å²) >= 11 is 12.0. The number of amides is 2. The number of nitrogens with one attached hydrogen (secondary N) is 3. The van der Waals surface area contributed by atoms with E-state index in [4.69, 9.17) is 23.2 Å². The van der Waals surface area contributed by atoms with Gasteiger partial charge in [0.25, 0.3) is 0 Å². The van der Waals surface area contributed by atoms with Crippen molar-refractivity contribution in [3.63, 3.8) is 0 Å². The van der Waals surface area contributed by atoms with Gasteiger partial charge in [-0.2, -0.15) is 0 Å². The Balaban J connectivity index is 1.96. The highest BCUT2D eigenvalue weighted by Gasteiger charge is 2.02. The zero-order chi connectivity index (χ0) is 15.2. The molecule has 0 aromatic heterocycles. The lowest BCUT2D eigenvalue weighted by atomic mass is 10.2. The van der Waals surface area contributed by atoms with Crippen molar-refractivity contribution in [3.05, 3.63) is 58.1 Å². The number of rotatable bonds is 4. The third-order valence-corrected chi connectivity index (χ3v) is 3.45. The van der Waals surface area contributed by atoms with Gasteiger partial charge < -0.3 is 16.0 Å². The molecule has 0 atom stereocenters. The van der Waals surface area contributed by atoms with Crippen molar-refractivity contribution in [2.45, 2.75) is 6.54 Å². The van der Waals surface area contributed by atoms with Crippen LogP contribution in [0.5, 0.6) is 0 Å². The Kier molecular flexibility index (Phi) is 5.31. The van der Waals surface area contributed by atoms with Gasteiger partial charge in [0.05, 0.1) is 0 Å². The second-order valence-corrected chi connectivity index (χ2v) is 5.21. The maximum atomic E-state index is 11.2. The molecule has 0 fully saturated rings. The first-order chi connectivity index (χ1) is 10.1. The molecule has 0 unspecified atom stereocenters. The van der Waals surface area contributed by atoms with E-state index in [1.54, 1.807) is 19.2 Å². The topological polar surface area (TPSA) is 53.2 Å². The summed E-state index contributed by atoms with van der Waals surface area (Å²) in [4.78, 5) is 11.2. The average molecular weight is 324 g/mol. The SMILES string of the molecule is CNC(=O)Nc1ccc(NCc2ccc(Cl)cc2Cl)cc1. The van der Waals surface area contributed by atoms with Gasteiger partial charge in [-0.3, -0.25) is 0 Å². The van der Waals surface area contributed by atoms with E-state index in [2.05, 4.69) is 16.0 Å². The molecule has 2 rings (SSSR count). The number of anilines is 2. The minimum absolute atomic E-state index is 0.247. The van der Waals surface area contributed by atoms with E-state index in [1.807, 2.05) is 30.3 Å². The van der Waals surface area contributed by atoms with Crippen LogP contribution in [0.25, 0.3) is 0 Å². The Morgan fingerprint density at radius 2 is 1.71 bits per heavy atom. The highest BCUT2D eigenvalue weighted by atomic mass is 35.5. The molecule has 0 radical (unpaired) electrons. The van der Waals surface area contributed by atoms with Crippen LogP contribution in [0.3, 0.4) is 0 Å². The van der Waals surface area contributed by atoms with Gasteiger partial charge in [-0.15, -0.1) is 0 Å². The highest BCUT2D eigenvalue weighted by Crippen LogP contribution is 2.22. The first kappa shape index (κ1) is 15.5. The summed E-state index contributed by atoms with van der Waals surface area (Å²) in [5, 5.41) is 9.70. The third kappa shape index (κ3) is 4.55. The Labute approximate surface area is 133 Å². The van der Waals surface area contributed by atoms with E-state index in [9.17, 15) is 4.79 Å². The molecular weight excluding hydrogens is 309 g/mol. The summed E-state index contributed by atoms with van der Waals surface area (Å²) in [5.41, 5.74) is 2.63. The molecule has 0 aliphatic heterocycles. The summed E-state index contributed by atoms with van der Waals surface area (Å²) < 4.78 is 0. The maximum absolute atomic E-state index is 11.2. The quantitative estimate of drug-likeness (QED) is 0.783. The van der Waals surface area contributed by atoms with Crippen LogP contribution < -0.4 is 16.0 Å². The molecule has 0 saturated carbocycles. The van der Waals surface area contributed by atoms with Gasteiger partial charge in [0.2, 0.25) is 0 Å². The number of carbonyl (C=O) groups excluding carboxylic acids is 1. The van der Waals surface area contributed by atoms with Gasteiger partial charge in [-0.1, -0.05) is 29.3 Å². The van der Waals surface area contributed by atoms with Gasteiger partial charge in [-0.25, -0.2) is 4.79 Å². The number of hydrogen-bond donors (Lipinski definition) is 3. The van der Waals surface area contributed by atoms with Crippen LogP contribution in [0.1, 0.15) is 5.56 Å². The molecular formula is C15H15Cl2N3O. The first-order valence-electron chi connectivity index (χ1n) is 6.35. The highest BCUT2D eigenvalue weighted by molar-refractivity contribution is 6.35. The molecule has 2 aromatic rings. The predicted molar refractivity (Wildman–Crippen MR) is 88.3 cm³/mol. The zero-order valence-electron chi connectivity index (χ0n) is 11.4. The van der Waals surface area contributed by atoms with Crippen LogP contribution in [0.2, 0.25) is 10.0 Å². The van der Waals surface area contributed by atoms with Crippen LogP contribution in [0.4, 0.5) is 16.2 Å². The van der Waals surface area contributed by atoms with E-state index in [-0.39, 0.29) is 6.03 Å². The van der Waals surface area contributed by atoms with Crippen LogP contribution in [0.15, 0.2) is 42.5 Å². The van der Waals surface area contributed by atoms with Crippen LogP contribution in [-0.2, 0) is 6.54 Å². The Bertz CT molecular complexity index is 629. The monoisotopic (exact) mass is 323 g/mol. The van der Waals surface area contributed by atoms with Crippen LogP contribution >= 0.6 is 23.2 Å². The average Bonchev–Trinajstić information content (AvgIpc) is 2.48. The smallest absolute Gasteiger partial charge is 0.318 e. The molecule has 3 N–H and O–H groups in total. The van der Waals surface area contributed by atoms with Gasteiger partial charge in [0, 0.05) is 35.0 Å². The summed E-state index contributed by atoms with van der Waals surface area (Å²) in [7, 11) is 1.57. The number of benzene rings is 2. The van der Waals surface area contributed by atoms with Crippen LogP contribution in [0, 0.1) is 0 Å². The number of carbonyl (C=O) groups is 1. The molecule has 0 spiro atoms. The molecule has 0 aliphatic rings. The maximum Gasteiger partial charge on any atom is 0.318 e. The van der Waals surface area contributed by atoms with E-state index < -0.39 is 0 Å². The van der Waals surface area contributed by atoms with Crippen molar-refractivity contribution in [2.75, 3.05) is 17.7 Å². The summed E-state index contributed by atoms with van der Waals surface area (Å²) in [6, 6.07) is 12.6. The van der Waals surface area contributed by atoms with Crippen molar-refractivity contribution in [3.8, 4) is 0 Å². The predicted octanol–water partition coefficient (Wildman–Crippen LogP) is 4.36. The van der Waals surface area contributed by atoms with Gasteiger partial charge in [0.1, 0.15) is 0 Å². The van der Waals surface area contributed by atoms with Crippen molar-refractivity contribution in [2.24, 2.45) is 0 Å². The molecule has 0 aliphatic carbocycles. The fraction of sp³-hybridized carbons (Fsp3) is 0.133.